The molecule has 0 spiro atoms. The van der Waals surface area contributed by atoms with Crippen molar-refractivity contribution in [1.82, 2.24) is 5.32 Å². The molecule has 0 radical (unpaired) electrons. The summed E-state index contributed by atoms with van der Waals surface area (Å²) in [6.07, 6.45) is 1.15. The van der Waals surface area contributed by atoms with E-state index < -0.39 is 0 Å². The minimum absolute atomic E-state index is 0.235. The molecule has 0 saturated carbocycles. The van der Waals surface area contributed by atoms with Crippen molar-refractivity contribution in [2.24, 2.45) is 5.92 Å². The van der Waals surface area contributed by atoms with E-state index in [2.05, 4.69) is 50.4 Å². The van der Waals surface area contributed by atoms with Gasteiger partial charge in [0.15, 0.2) is 0 Å². The van der Waals surface area contributed by atoms with Crippen molar-refractivity contribution in [2.75, 3.05) is 0 Å². The van der Waals surface area contributed by atoms with Gasteiger partial charge in [0.1, 0.15) is 11.5 Å². The van der Waals surface area contributed by atoms with Crippen LogP contribution in [0.25, 0.3) is 0 Å². The van der Waals surface area contributed by atoms with Crippen LogP contribution in [0.5, 0.6) is 0 Å². The Bertz CT molecular complexity index is 525. The molecule has 1 aromatic heterocycles. The maximum atomic E-state index is 5.63. The van der Waals surface area contributed by atoms with Gasteiger partial charge in [-0.15, -0.1) is 0 Å². The molecule has 1 N–H and O–H groups in total. The van der Waals surface area contributed by atoms with Crippen molar-refractivity contribution < 1.29 is 4.42 Å². The van der Waals surface area contributed by atoms with Crippen LogP contribution in [-0.4, -0.2) is 0 Å². The lowest BCUT2D eigenvalue weighted by Crippen LogP contribution is -2.17. The largest absolute Gasteiger partial charge is 0.465 e. The van der Waals surface area contributed by atoms with Gasteiger partial charge < -0.3 is 9.73 Å². The molecular weight excluding hydrogens is 246 g/mol. The summed E-state index contributed by atoms with van der Waals surface area (Å²) in [5, 5.41) is 3.50. The summed E-state index contributed by atoms with van der Waals surface area (Å²) in [6, 6.07) is 13.2. The highest BCUT2D eigenvalue weighted by Crippen LogP contribution is 2.16. The van der Waals surface area contributed by atoms with E-state index in [0.29, 0.717) is 5.92 Å². The maximum absolute atomic E-state index is 5.63. The van der Waals surface area contributed by atoms with Crippen molar-refractivity contribution in [3.63, 3.8) is 0 Å². The van der Waals surface area contributed by atoms with Gasteiger partial charge in [-0.1, -0.05) is 38.1 Å². The standard InChI is InChI=1S/C18H25NO/c1-13(2)11-16-6-8-17(9-7-16)12-19-15(4)18-10-5-14(3)20-18/h5-10,13,15,19H,11-12H2,1-4H3. The zero-order valence-corrected chi connectivity index (χ0v) is 12.9. The molecule has 1 unspecified atom stereocenters. The Morgan fingerprint density at radius 3 is 2.15 bits per heavy atom. The molecule has 0 aliphatic rings. The Kier molecular flexibility index (Phi) is 5.02. The number of furan rings is 1. The second kappa shape index (κ2) is 6.76. The molecule has 2 aromatic rings. The van der Waals surface area contributed by atoms with E-state index in [-0.39, 0.29) is 6.04 Å². The molecule has 1 atom stereocenters. The van der Waals surface area contributed by atoms with Gasteiger partial charge in [0.25, 0.3) is 0 Å². The first-order chi connectivity index (χ1) is 9.54. The van der Waals surface area contributed by atoms with Gasteiger partial charge in [0.05, 0.1) is 6.04 Å². The van der Waals surface area contributed by atoms with Crippen LogP contribution in [0, 0.1) is 12.8 Å². The van der Waals surface area contributed by atoms with Crippen LogP contribution in [0.4, 0.5) is 0 Å². The molecule has 20 heavy (non-hydrogen) atoms. The minimum Gasteiger partial charge on any atom is -0.465 e. The normalized spacial score (nSPS) is 12.8. The lowest BCUT2D eigenvalue weighted by Gasteiger charge is -2.12. The average molecular weight is 271 g/mol. The summed E-state index contributed by atoms with van der Waals surface area (Å²) in [5.74, 6) is 2.67. The van der Waals surface area contributed by atoms with Gasteiger partial charge in [-0.25, -0.2) is 0 Å². The van der Waals surface area contributed by atoms with Gasteiger partial charge in [0.2, 0.25) is 0 Å². The van der Waals surface area contributed by atoms with Crippen LogP contribution in [0.15, 0.2) is 40.8 Å². The van der Waals surface area contributed by atoms with Crippen molar-refractivity contribution in [2.45, 2.75) is 46.7 Å². The van der Waals surface area contributed by atoms with E-state index in [0.717, 1.165) is 24.5 Å². The first kappa shape index (κ1) is 14.9. The van der Waals surface area contributed by atoms with Crippen molar-refractivity contribution in [3.05, 3.63) is 59.0 Å². The van der Waals surface area contributed by atoms with Gasteiger partial charge in [-0.2, -0.15) is 0 Å². The first-order valence-corrected chi connectivity index (χ1v) is 7.42. The topological polar surface area (TPSA) is 25.2 Å². The number of nitrogens with one attached hydrogen (secondary N) is 1. The molecule has 2 nitrogen and oxygen atoms in total. The molecule has 0 aliphatic heterocycles. The summed E-state index contributed by atoms with van der Waals surface area (Å²) in [7, 11) is 0. The van der Waals surface area contributed by atoms with Crippen LogP contribution in [0.1, 0.15) is 49.5 Å². The summed E-state index contributed by atoms with van der Waals surface area (Å²) >= 11 is 0. The van der Waals surface area contributed by atoms with E-state index in [4.69, 9.17) is 4.42 Å². The van der Waals surface area contributed by atoms with Crippen LogP contribution in [0.3, 0.4) is 0 Å². The first-order valence-electron chi connectivity index (χ1n) is 7.42. The minimum atomic E-state index is 0.235. The monoisotopic (exact) mass is 271 g/mol. The molecule has 0 aliphatic carbocycles. The maximum Gasteiger partial charge on any atom is 0.120 e. The summed E-state index contributed by atoms with van der Waals surface area (Å²) in [5.41, 5.74) is 2.73. The third-order valence-electron chi connectivity index (χ3n) is 3.47. The van der Waals surface area contributed by atoms with Gasteiger partial charge >= 0.3 is 0 Å². The lowest BCUT2D eigenvalue weighted by atomic mass is 10.0. The molecule has 0 saturated heterocycles. The van der Waals surface area contributed by atoms with Gasteiger partial charge in [0, 0.05) is 6.54 Å². The lowest BCUT2D eigenvalue weighted by molar-refractivity contribution is 0.416. The van der Waals surface area contributed by atoms with Crippen LogP contribution < -0.4 is 5.32 Å². The fraction of sp³-hybridized carbons (Fsp3) is 0.444. The van der Waals surface area contributed by atoms with E-state index >= 15 is 0 Å². The summed E-state index contributed by atoms with van der Waals surface area (Å²) in [6.45, 7) is 9.48. The molecule has 2 rings (SSSR count). The Morgan fingerprint density at radius 1 is 0.950 bits per heavy atom. The second-order valence-electron chi connectivity index (χ2n) is 5.97. The van der Waals surface area contributed by atoms with Crippen LogP contribution in [0.2, 0.25) is 0 Å². The van der Waals surface area contributed by atoms with Crippen molar-refractivity contribution >= 4 is 0 Å². The van der Waals surface area contributed by atoms with Crippen LogP contribution >= 0.6 is 0 Å². The highest BCUT2D eigenvalue weighted by Gasteiger charge is 2.08. The SMILES string of the molecule is Cc1ccc(C(C)NCc2ccc(CC(C)C)cc2)o1. The molecular formula is C18H25NO. The molecule has 1 heterocycles. The fourth-order valence-corrected chi connectivity index (χ4v) is 2.32. The Hall–Kier alpha value is -1.54. The molecule has 108 valence electrons. The van der Waals surface area contributed by atoms with Gasteiger partial charge in [-0.3, -0.25) is 0 Å². The summed E-state index contributed by atoms with van der Waals surface area (Å²) in [4.78, 5) is 0. The average Bonchev–Trinajstić information content (AvgIpc) is 2.84. The number of aryl methyl sites for hydroxylation is 1. The van der Waals surface area contributed by atoms with E-state index in [1.807, 2.05) is 19.1 Å². The zero-order valence-electron chi connectivity index (χ0n) is 12.9. The number of benzene rings is 1. The Balaban J connectivity index is 1.87. The second-order valence-corrected chi connectivity index (χ2v) is 5.97. The molecule has 0 bridgehead atoms. The Labute approximate surface area is 122 Å². The molecule has 0 amide bonds. The zero-order chi connectivity index (χ0) is 14.5. The van der Waals surface area contributed by atoms with Crippen molar-refractivity contribution in [3.8, 4) is 0 Å². The third kappa shape index (κ3) is 4.24. The smallest absolute Gasteiger partial charge is 0.120 e. The number of rotatable bonds is 6. The number of hydrogen-bond donors (Lipinski definition) is 1. The van der Waals surface area contributed by atoms with Crippen molar-refractivity contribution in [1.29, 1.82) is 0 Å². The predicted octanol–water partition coefficient (Wildman–Crippen LogP) is 4.64. The van der Waals surface area contributed by atoms with Gasteiger partial charge in [-0.05, 0) is 49.4 Å². The third-order valence-corrected chi connectivity index (χ3v) is 3.47. The highest BCUT2D eigenvalue weighted by molar-refractivity contribution is 5.23. The van der Waals surface area contributed by atoms with Crippen LogP contribution in [-0.2, 0) is 13.0 Å². The molecule has 1 aromatic carbocycles. The predicted molar refractivity (Wildman–Crippen MR) is 83.7 cm³/mol. The fourth-order valence-electron chi connectivity index (χ4n) is 2.32. The number of hydrogen-bond acceptors (Lipinski definition) is 2. The van der Waals surface area contributed by atoms with E-state index in [9.17, 15) is 0 Å². The van der Waals surface area contributed by atoms with E-state index in [1.165, 1.54) is 11.1 Å². The highest BCUT2D eigenvalue weighted by atomic mass is 16.3. The quantitative estimate of drug-likeness (QED) is 0.828. The summed E-state index contributed by atoms with van der Waals surface area (Å²) < 4.78 is 5.63. The van der Waals surface area contributed by atoms with E-state index in [1.54, 1.807) is 0 Å². The Morgan fingerprint density at radius 2 is 1.60 bits per heavy atom. The molecule has 2 heteroatoms. The molecule has 0 fully saturated rings.